The van der Waals surface area contributed by atoms with Gasteiger partial charge in [0.25, 0.3) is 0 Å². The monoisotopic (exact) mass is 248 g/mol. The van der Waals surface area contributed by atoms with Crippen molar-refractivity contribution < 1.29 is 9.90 Å². The van der Waals surface area contributed by atoms with Crippen LogP contribution in [-0.2, 0) is 0 Å². The predicted molar refractivity (Wildman–Crippen MR) is 72.0 cm³/mol. The number of carboxylic acids is 1. The van der Waals surface area contributed by atoms with Crippen molar-refractivity contribution in [1.82, 2.24) is 0 Å². The maximum atomic E-state index is 10.9. The molecule has 2 atom stereocenters. The number of carbonyl (C=O) groups is 1. The maximum absolute atomic E-state index is 10.9. The molecule has 4 heteroatoms. The number of carboxylic acid groups (broad SMARTS) is 1. The lowest BCUT2D eigenvalue weighted by atomic mass is 9.90. The number of aromatic carboxylic acids is 1. The highest BCUT2D eigenvalue weighted by molar-refractivity contribution is 5.88. The molecule has 1 saturated carbocycles. The first-order valence-electron chi connectivity index (χ1n) is 6.44. The van der Waals surface area contributed by atoms with E-state index >= 15 is 0 Å². The first kappa shape index (κ1) is 12.9. The molecule has 18 heavy (non-hydrogen) atoms. The van der Waals surface area contributed by atoms with Crippen LogP contribution in [0.5, 0.6) is 0 Å². The minimum atomic E-state index is -0.890. The van der Waals surface area contributed by atoms with E-state index < -0.39 is 5.97 Å². The summed E-state index contributed by atoms with van der Waals surface area (Å²) in [6, 6.07) is 5.65. The third kappa shape index (κ3) is 2.82. The van der Waals surface area contributed by atoms with Crippen molar-refractivity contribution in [2.75, 3.05) is 5.32 Å². The molecule has 0 amide bonds. The second-order valence-electron chi connectivity index (χ2n) is 5.03. The number of rotatable bonds is 3. The molecule has 4 N–H and O–H groups in total. The van der Waals surface area contributed by atoms with Crippen LogP contribution >= 0.6 is 0 Å². The minimum Gasteiger partial charge on any atom is -0.478 e. The van der Waals surface area contributed by atoms with Crippen molar-refractivity contribution in [2.45, 2.75) is 44.7 Å². The Labute approximate surface area is 107 Å². The molecular formula is C14H20N2O2. The molecule has 98 valence electrons. The molecule has 0 aromatic heterocycles. The predicted octanol–water partition coefficient (Wildman–Crippen LogP) is 2.38. The highest BCUT2D eigenvalue weighted by atomic mass is 16.4. The first-order valence-corrected chi connectivity index (χ1v) is 6.44. The maximum Gasteiger partial charge on any atom is 0.335 e. The topological polar surface area (TPSA) is 75.3 Å². The summed E-state index contributed by atoms with van der Waals surface area (Å²) in [6.45, 7) is 1.92. The molecule has 0 bridgehead atoms. The number of aryl methyl sites for hydroxylation is 1. The van der Waals surface area contributed by atoms with Gasteiger partial charge in [-0.15, -0.1) is 0 Å². The number of benzene rings is 1. The van der Waals surface area contributed by atoms with Gasteiger partial charge in [0.2, 0.25) is 0 Å². The van der Waals surface area contributed by atoms with E-state index in [1.165, 1.54) is 12.8 Å². The average Bonchev–Trinajstić information content (AvgIpc) is 2.34. The molecular weight excluding hydrogens is 228 g/mol. The summed E-state index contributed by atoms with van der Waals surface area (Å²) in [5.41, 5.74) is 8.36. The fraction of sp³-hybridized carbons (Fsp3) is 0.500. The zero-order valence-corrected chi connectivity index (χ0v) is 10.6. The standard InChI is InChI=1S/C14H20N2O2/c1-9-8-10(14(17)18)6-7-12(9)16-13-5-3-2-4-11(13)15/h6-8,11,13,16H,2-5,15H2,1H3,(H,17,18). The summed E-state index contributed by atoms with van der Waals surface area (Å²) < 4.78 is 0. The van der Waals surface area contributed by atoms with Crippen LogP contribution in [0.2, 0.25) is 0 Å². The summed E-state index contributed by atoms with van der Waals surface area (Å²) in [6.07, 6.45) is 4.55. The van der Waals surface area contributed by atoms with Gasteiger partial charge in [-0.1, -0.05) is 12.8 Å². The Balaban J connectivity index is 2.11. The lowest BCUT2D eigenvalue weighted by Gasteiger charge is -2.30. The van der Waals surface area contributed by atoms with Crippen molar-refractivity contribution in [1.29, 1.82) is 0 Å². The molecule has 2 rings (SSSR count). The highest BCUT2D eigenvalue weighted by Crippen LogP contribution is 2.23. The van der Waals surface area contributed by atoms with Crippen LogP contribution < -0.4 is 11.1 Å². The van der Waals surface area contributed by atoms with E-state index in [9.17, 15) is 4.79 Å². The Hall–Kier alpha value is -1.55. The smallest absolute Gasteiger partial charge is 0.335 e. The van der Waals surface area contributed by atoms with Crippen LogP contribution in [0.3, 0.4) is 0 Å². The molecule has 1 aromatic rings. The van der Waals surface area contributed by atoms with Crippen LogP contribution in [0, 0.1) is 6.92 Å². The Bertz CT molecular complexity index is 445. The lowest BCUT2D eigenvalue weighted by molar-refractivity contribution is 0.0697. The van der Waals surface area contributed by atoms with Gasteiger partial charge in [0.15, 0.2) is 0 Å². The van der Waals surface area contributed by atoms with E-state index in [1.807, 2.05) is 13.0 Å². The molecule has 0 aliphatic heterocycles. The van der Waals surface area contributed by atoms with Crippen LogP contribution in [0.25, 0.3) is 0 Å². The Morgan fingerprint density at radius 2 is 2.11 bits per heavy atom. The zero-order valence-electron chi connectivity index (χ0n) is 10.6. The van der Waals surface area contributed by atoms with Crippen molar-refractivity contribution in [2.24, 2.45) is 5.73 Å². The van der Waals surface area contributed by atoms with Gasteiger partial charge in [-0.05, 0) is 43.5 Å². The van der Waals surface area contributed by atoms with Crippen molar-refractivity contribution in [3.05, 3.63) is 29.3 Å². The fourth-order valence-corrected chi connectivity index (χ4v) is 2.50. The van der Waals surface area contributed by atoms with Gasteiger partial charge in [0, 0.05) is 17.8 Å². The van der Waals surface area contributed by atoms with Crippen molar-refractivity contribution in [3.8, 4) is 0 Å². The summed E-state index contributed by atoms with van der Waals surface area (Å²) >= 11 is 0. The van der Waals surface area contributed by atoms with E-state index in [4.69, 9.17) is 10.8 Å². The van der Waals surface area contributed by atoms with Gasteiger partial charge in [0.1, 0.15) is 0 Å². The molecule has 2 unspecified atom stereocenters. The van der Waals surface area contributed by atoms with E-state index in [1.54, 1.807) is 12.1 Å². The van der Waals surface area contributed by atoms with Crippen LogP contribution in [0.4, 0.5) is 5.69 Å². The number of nitrogens with one attached hydrogen (secondary N) is 1. The van der Waals surface area contributed by atoms with E-state index in [0.717, 1.165) is 24.1 Å². The van der Waals surface area contributed by atoms with Crippen molar-refractivity contribution in [3.63, 3.8) is 0 Å². The summed E-state index contributed by atoms with van der Waals surface area (Å²) in [5, 5.41) is 12.4. The van der Waals surface area contributed by atoms with Crippen LogP contribution in [-0.4, -0.2) is 23.2 Å². The van der Waals surface area contributed by atoms with E-state index in [2.05, 4.69) is 5.32 Å². The zero-order chi connectivity index (χ0) is 13.1. The second-order valence-corrected chi connectivity index (χ2v) is 5.03. The third-order valence-corrected chi connectivity index (χ3v) is 3.63. The molecule has 1 aromatic carbocycles. The van der Waals surface area contributed by atoms with Crippen molar-refractivity contribution >= 4 is 11.7 Å². The van der Waals surface area contributed by atoms with Gasteiger partial charge in [0.05, 0.1) is 5.56 Å². The van der Waals surface area contributed by atoms with Crippen LogP contribution in [0.15, 0.2) is 18.2 Å². The summed E-state index contributed by atoms with van der Waals surface area (Å²) in [5.74, 6) is -0.890. The Morgan fingerprint density at radius 1 is 1.39 bits per heavy atom. The van der Waals surface area contributed by atoms with Gasteiger partial charge in [-0.25, -0.2) is 4.79 Å². The molecule has 4 nitrogen and oxygen atoms in total. The Morgan fingerprint density at radius 3 is 2.72 bits per heavy atom. The second kappa shape index (κ2) is 5.40. The summed E-state index contributed by atoms with van der Waals surface area (Å²) in [7, 11) is 0. The number of hydrogen-bond acceptors (Lipinski definition) is 3. The number of hydrogen-bond donors (Lipinski definition) is 3. The van der Waals surface area contributed by atoms with Gasteiger partial charge >= 0.3 is 5.97 Å². The Kier molecular flexibility index (Phi) is 3.87. The molecule has 0 heterocycles. The SMILES string of the molecule is Cc1cc(C(=O)O)ccc1NC1CCCCC1N. The average molecular weight is 248 g/mol. The lowest BCUT2D eigenvalue weighted by Crippen LogP contribution is -2.42. The fourth-order valence-electron chi connectivity index (χ4n) is 2.50. The summed E-state index contributed by atoms with van der Waals surface area (Å²) in [4.78, 5) is 10.9. The van der Waals surface area contributed by atoms with E-state index in [0.29, 0.717) is 11.6 Å². The van der Waals surface area contributed by atoms with Gasteiger partial charge in [-0.3, -0.25) is 0 Å². The van der Waals surface area contributed by atoms with Crippen LogP contribution in [0.1, 0.15) is 41.6 Å². The van der Waals surface area contributed by atoms with Gasteiger partial charge < -0.3 is 16.2 Å². The first-order chi connectivity index (χ1) is 8.58. The number of nitrogens with two attached hydrogens (primary N) is 1. The van der Waals surface area contributed by atoms with Gasteiger partial charge in [-0.2, -0.15) is 0 Å². The largest absolute Gasteiger partial charge is 0.478 e. The third-order valence-electron chi connectivity index (χ3n) is 3.63. The molecule has 0 spiro atoms. The molecule has 1 aliphatic rings. The molecule has 0 radical (unpaired) electrons. The normalized spacial score (nSPS) is 23.7. The van der Waals surface area contributed by atoms with E-state index in [-0.39, 0.29) is 6.04 Å². The number of anilines is 1. The molecule has 1 aliphatic carbocycles. The molecule has 1 fully saturated rings. The highest BCUT2D eigenvalue weighted by Gasteiger charge is 2.21. The quantitative estimate of drug-likeness (QED) is 0.767. The minimum absolute atomic E-state index is 0.192. The molecule has 0 saturated heterocycles.